The van der Waals surface area contributed by atoms with Crippen LogP contribution in [0.5, 0.6) is 0 Å². The van der Waals surface area contributed by atoms with Crippen molar-refractivity contribution in [1.82, 2.24) is 19.2 Å². The molecule has 0 aromatic carbocycles. The van der Waals surface area contributed by atoms with Gasteiger partial charge in [0.2, 0.25) is 0 Å². The van der Waals surface area contributed by atoms with Crippen molar-refractivity contribution < 1.29 is 9.59 Å². The average Bonchev–Trinajstić information content (AvgIpc) is 3.05. The lowest BCUT2D eigenvalue weighted by molar-refractivity contribution is 0.0671. The molecule has 7 nitrogen and oxygen atoms in total. The van der Waals surface area contributed by atoms with Crippen LogP contribution in [-0.4, -0.2) is 57.3 Å². The molecule has 0 saturated carbocycles. The number of aryl methyl sites for hydroxylation is 1. The van der Waals surface area contributed by atoms with Gasteiger partial charge in [-0.15, -0.1) is 0 Å². The number of hydrogen-bond acceptors (Lipinski definition) is 3. The lowest BCUT2D eigenvalue weighted by Crippen LogP contribution is -2.51. The van der Waals surface area contributed by atoms with Gasteiger partial charge >= 0.3 is 6.03 Å². The summed E-state index contributed by atoms with van der Waals surface area (Å²) in [6, 6.07) is 11.2. The van der Waals surface area contributed by atoms with E-state index in [1.165, 1.54) is 0 Å². The summed E-state index contributed by atoms with van der Waals surface area (Å²) >= 11 is 0. The fraction of sp³-hybridized carbons (Fsp3) is 0.250. The van der Waals surface area contributed by atoms with Gasteiger partial charge in [0.15, 0.2) is 0 Å². The summed E-state index contributed by atoms with van der Waals surface area (Å²) in [4.78, 5) is 32.8. The summed E-state index contributed by atoms with van der Waals surface area (Å²) in [6.45, 7) is 4.00. The Hall–Kier alpha value is -3.35. The molecule has 0 atom stereocenters. The lowest BCUT2D eigenvalue weighted by atomic mass is 10.2. The average molecular weight is 363 g/mol. The van der Waals surface area contributed by atoms with E-state index in [1.54, 1.807) is 29.4 Å². The Morgan fingerprint density at radius 3 is 2.52 bits per heavy atom. The van der Waals surface area contributed by atoms with Crippen molar-refractivity contribution >= 4 is 23.1 Å². The van der Waals surface area contributed by atoms with E-state index in [-0.39, 0.29) is 11.9 Å². The number of urea groups is 1. The van der Waals surface area contributed by atoms with Gasteiger partial charge in [0.1, 0.15) is 0 Å². The van der Waals surface area contributed by atoms with Crippen LogP contribution >= 0.6 is 0 Å². The van der Waals surface area contributed by atoms with Crippen LogP contribution in [0.15, 0.2) is 55.0 Å². The van der Waals surface area contributed by atoms with E-state index in [2.05, 4.69) is 10.3 Å². The zero-order valence-corrected chi connectivity index (χ0v) is 15.1. The SMILES string of the molecule is Cc1c(C(=O)N2CCN(C(=O)Nc3cccnc3)CC2)cc2ccccn12. The van der Waals surface area contributed by atoms with Gasteiger partial charge in [-0.2, -0.15) is 0 Å². The van der Waals surface area contributed by atoms with Gasteiger partial charge in [0, 0.05) is 49.8 Å². The summed E-state index contributed by atoms with van der Waals surface area (Å²) in [6.07, 6.45) is 5.23. The summed E-state index contributed by atoms with van der Waals surface area (Å²) in [5.74, 6) is 0.0171. The molecule has 1 aliphatic rings. The number of pyridine rings is 2. The molecule has 1 saturated heterocycles. The monoisotopic (exact) mass is 363 g/mol. The van der Waals surface area contributed by atoms with E-state index < -0.39 is 0 Å². The van der Waals surface area contributed by atoms with Crippen molar-refractivity contribution in [3.05, 3.63) is 66.2 Å². The van der Waals surface area contributed by atoms with Crippen LogP contribution in [0, 0.1) is 6.92 Å². The molecule has 0 bridgehead atoms. The predicted molar refractivity (Wildman–Crippen MR) is 103 cm³/mol. The maximum absolute atomic E-state index is 12.9. The third-order valence-electron chi connectivity index (χ3n) is 4.93. The van der Waals surface area contributed by atoms with Crippen LogP contribution in [0.3, 0.4) is 0 Å². The van der Waals surface area contributed by atoms with Crippen LogP contribution in [0.1, 0.15) is 16.1 Å². The number of aromatic nitrogens is 2. The molecule has 4 rings (SSSR count). The molecule has 1 N–H and O–H groups in total. The van der Waals surface area contributed by atoms with Crippen LogP contribution in [0.2, 0.25) is 0 Å². The van der Waals surface area contributed by atoms with E-state index >= 15 is 0 Å². The second kappa shape index (κ2) is 7.11. The van der Waals surface area contributed by atoms with Crippen LogP contribution in [-0.2, 0) is 0 Å². The highest BCUT2D eigenvalue weighted by molar-refractivity contribution is 5.97. The maximum atomic E-state index is 12.9. The first-order valence-corrected chi connectivity index (χ1v) is 8.95. The van der Waals surface area contributed by atoms with Crippen LogP contribution < -0.4 is 5.32 Å². The molecular weight excluding hydrogens is 342 g/mol. The van der Waals surface area contributed by atoms with Crippen LogP contribution in [0.4, 0.5) is 10.5 Å². The third-order valence-corrected chi connectivity index (χ3v) is 4.93. The molecular formula is C20H21N5O2. The largest absolute Gasteiger partial charge is 0.335 e. The normalized spacial score (nSPS) is 14.4. The van der Waals surface area contributed by atoms with Gasteiger partial charge in [-0.1, -0.05) is 6.07 Å². The smallest absolute Gasteiger partial charge is 0.322 e. The highest BCUT2D eigenvalue weighted by Crippen LogP contribution is 2.19. The van der Waals surface area contributed by atoms with Crippen molar-refractivity contribution in [2.24, 2.45) is 0 Å². The highest BCUT2D eigenvalue weighted by atomic mass is 16.2. The molecule has 7 heteroatoms. The van der Waals surface area contributed by atoms with Gasteiger partial charge in [-0.3, -0.25) is 9.78 Å². The van der Waals surface area contributed by atoms with Gasteiger partial charge < -0.3 is 19.5 Å². The van der Waals surface area contributed by atoms with Crippen molar-refractivity contribution in [3.8, 4) is 0 Å². The van der Waals surface area contributed by atoms with E-state index in [0.29, 0.717) is 31.9 Å². The number of amides is 3. The molecule has 0 radical (unpaired) electrons. The Kier molecular flexibility index (Phi) is 4.50. The number of piperazine rings is 1. The van der Waals surface area contributed by atoms with Crippen molar-refractivity contribution in [2.45, 2.75) is 6.92 Å². The third kappa shape index (κ3) is 3.36. The first-order chi connectivity index (χ1) is 13.1. The summed E-state index contributed by atoms with van der Waals surface area (Å²) in [5.41, 5.74) is 3.33. The van der Waals surface area contributed by atoms with Crippen molar-refractivity contribution in [2.75, 3.05) is 31.5 Å². The standard InChI is InChI=1S/C20H21N5O2/c1-15-18(13-17-6-2-3-8-25(15)17)19(26)23-9-11-24(12-10-23)20(27)22-16-5-4-7-21-14-16/h2-8,13-14H,9-12H2,1H3,(H,22,27). The molecule has 138 valence electrons. The van der Waals surface area contributed by atoms with Gasteiger partial charge in [0.25, 0.3) is 5.91 Å². The number of carbonyl (C=O) groups is 2. The number of rotatable bonds is 2. The summed E-state index contributed by atoms with van der Waals surface area (Å²) in [7, 11) is 0. The summed E-state index contributed by atoms with van der Waals surface area (Å²) in [5, 5.41) is 2.83. The zero-order chi connectivity index (χ0) is 18.8. The van der Waals surface area contributed by atoms with E-state index in [1.807, 2.05) is 46.7 Å². The molecule has 0 spiro atoms. The molecule has 3 aromatic rings. The minimum atomic E-state index is -0.166. The molecule has 1 aliphatic heterocycles. The molecule has 1 fully saturated rings. The molecule has 3 amide bonds. The maximum Gasteiger partial charge on any atom is 0.322 e. The van der Waals surface area contributed by atoms with Crippen molar-refractivity contribution in [3.63, 3.8) is 0 Å². The minimum absolute atomic E-state index is 0.0171. The quantitative estimate of drug-likeness (QED) is 0.761. The number of hydrogen-bond donors (Lipinski definition) is 1. The number of nitrogens with one attached hydrogen (secondary N) is 1. The first kappa shape index (κ1) is 17.1. The minimum Gasteiger partial charge on any atom is -0.335 e. The Morgan fingerprint density at radius 1 is 1.04 bits per heavy atom. The Balaban J connectivity index is 1.40. The van der Waals surface area contributed by atoms with Gasteiger partial charge in [0.05, 0.1) is 17.4 Å². The van der Waals surface area contributed by atoms with E-state index in [0.717, 1.165) is 16.8 Å². The van der Waals surface area contributed by atoms with Gasteiger partial charge in [-0.05, 0) is 37.3 Å². The molecule has 0 aliphatic carbocycles. The first-order valence-electron chi connectivity index (χ1n) is 8.95. The van der Waals surface area contributed by atoms with E-state index in [9.17, 15) is 9.59 Å². The molecule has 27 heavy (non-hydrogen) atoms. The second-order valence-corrected chi connectivity index (χ2v) is 6.59. The molecule has 3 aromatic heterocycles. The van der Waals surface area contributed by atoms with Gasteiger partial charge in [-0.25, -0.2) is 4.79 Å². The lowest BCUT2D eigenvalue weighted by Gasteiger charge is -2.34. The fourth-order valence-electron chi connectivity index (χ4n) is 3.40. The number of carbonyl (C=O) groups excluding carboxylic acids is 2. The molecule has 0 unspecified atom stereocenters. The Bertz CT molecular complexity index is 974. The number of fused-ring (bicyclic) bond motifs is 1. The molecule has 4 heterocycles. The number of anilines is 1. The van der Waals surface area contributed by atoms with E-state index in [4.69, 9.17) is 0 Å². The fourth-order valence-corrected chi connectivity index (χ4v) is 3.40. The Morgan fingerprint density at radius 2 is 1.81 bits per heavy atom. The predicted octanol–water partition coefficient (Wildman–Crippen LogP) is 2.63. The second-order valence-electron chi connectivity index (χ2n) is 6.59. The number of nitrogens with zero attached hydrogens (tertiary/aromatic N) is 4. The Labute approximate surface area is 157 Å². The van der Waals surface area contributed by atoms with Crippen LogP contribution in [0.25, 0.3) is 5.52 Å². The topological polar surface area (TPSA) is 70.0 Å². The zero-order valence-electron chi connectivity index (χ0n) is 15.1. The summed E-state index contributed by atoms with van der Waals surface area (Å²) < 4.78 is 2.02. The highest BCUT2D eigenvalue weighted by Gasteiger charge is 2.26. The van der Waals surface area contributed by atoms with Crippen molar-refractivity contribution in [1.29, 1.82) is 0 Å².